The number of hydrazone groups is 1. The van der Waals surface area contributed by atoms with Crippen molar-refractivity contribution in [1.82, 2.24) is 4.83 Å². The summed E-state index contributed by atoms with van der Waals surface area (Å²) in [5.41, 5.74) is 2.77. The molecule has 1 N–H and O–H groups in total. The van der Waals surface area contributed by atoms with E-state index in [-0.39, 0.29) is 16.6 Å². The summed E-state index contributed by atoms with van der Waals surface area (Å²) in [6.45, 7) is 4.22. The van der Waals surface area contributed by atoms with Gasteiger partial charge < -0.3 is 9.32 Å². The van der Waals surface area contributed by atoms with Gasteiger partial charge in [0.25, 0.3) is 15.9 Å². The second kappa shape index (κ2) is 9.00. The molecular formula is C24H25N3O4S. The van der Waals surface area contributed by atoms with Crippen molar-refractivity contribution in [2.24, 2.45) is 5.10 Å². The predicted molar refractivity (Wildman–Crippen MR) is 123 cm³/mol. The molecule has 3 aromatic rings. The minimum atomic E-state index is -3.78. The number of aryl methyl sites for hydroxylation is 1. The molecule has 2 aromatic carbocycles. The number of furan rings is 1. The average Bonchev–Trinajstić information content (AvgIpc) is 3.16. The van der Waals surface area contributed by atoms with Crippen LogP contribution in [0.4, 0.5) is 5.69 Å². The number of nitrogens with one attached hydrogen (secondary N) is 1. The van der Waals surface area contributed by atoms with Crippen LogP contribution in [0.15, 0.2) is 75.1 Å². The number of hydrogen-bond acceptors (Lipinski definition) is 5. The third kappa shape index (κ3) is 4.18. The number of rotatable bonds is 6. The Balaban J connectivity index is 1.66. The summed E-state index contributed by atoms with van der Waals surface area (Å²) < 4.78 is 31.1. The van der Waals surface area contributed by atoms with Gasteiger partial charge in [0.2, 0.25) is 0 Å². The van der Waals surface area contributed by atoms with Crippen LogP contribution in [-0.2, 0) is 16.4 Å². The van der Waals surface area contributed by atoms with Gasteiger partial charge in [-0.25, -0.2) is 0 Å². The van der Waals surface area contributed by atoms with Gasteiger partial charge in [-0.1, -0.05) is 36.4 Å². The van der Waals surface area contributed by atoms with Crippen LogP contribution in [0.2, 0.25) is 0 Å². The molecule has 0 radical (unpaired) electrons. The quantitative estimate of drug-likeness (QED) is 0.567. The molecule has 0 atom stereocenters. The van der Waals surface area contributed by atoms with Crippen molar-refractivity contribution < 1.29 is 17.6 Å². The third-order valence-corrected chi connectivity index (χ3v) is 6.73. The van der Waals surface area contributed by atoms with Gasteiger partial charge in [0.05, 0.1) is 10.6 Å². The minimum absolute atomic E-state index is 0.140. The molecule has 0 unspecified atom stereocenters. The number of para-hydroxylation sites is 1. The second-order valence-electron chi connectivity index (χ2n) is 7.56. The Bertz CT molecular complexity index is 1250. The Morgan fingerprint density at radius 2 is 1.72 bits per heavy atom. The molecule has 1 aromatic heterocycles. The lowest BCUT2D eigenvalue weighted by atomic mass is 9.93. The topological polar surface area (TPSA) is 92.0 Å². The number of benzene rings is 2. The lowest BCUT2D eigenvalue weighted by molar-refractivity contribution is 0.0959. The average molecular weight is 452 g/mol. The van der Waals surface area contributed by atoms with Gasteiger partial charge >= 0.3 is 0 Å². The summed E-state index contributed by atoms with van der Waals surface area (Å²) in [6, 6.07) is 17.5. The lowest BCUT2D eigenvalue weighted by Crippen LogP contribution is -2.30. The molecule has 1 aliphatic carbocycles. The van der Waals surface area contributed by atoms with E-state index in [0.29, 0.717) is 36.4 Å². The lowest BCUT2D eigenvalue weighted by Gasteiger charge is -2.20. The number of sulfonamides is 1. The summed E-state index contributed by atoms with van der Waals surface area (Å²) in [5.74, 6) is 0.704. The number of fused-ring (bicyclic) bond motifs is 1. The number of anilines is 1. The molecule has 0 saturated heterocycles. The molecule has 4 rings (SSSR count). The van der Waals surface area contributed by atoms with Crippen LogP contribution < -0.4 is 9.73 Å². The van der Waals surface area contributed by atoms with Gasteiger partial charge in [-0.05, 0) is 51.0 Å². The van der Waals surface area contributed by atoms with Crippen LogP contribution in [0.5, 0.6) is 0 Å². The number of nitrogens with zero attached hydrogens (tertiary/aromatic N) is 2. The van der Waals surface area contributed by atoms with Crippen molar-refractivity contribution in [2.45, 2.75) is 38.0 Å². The van der Waals surface area contributed by atoms with Crippen LogP contribution >= 0.6 is 0 Å². The molecule has 7 nitrogen and oxygen atoms in total. The molecule has 0 spiro atoms. The molecule has 0 aliphatic heterocycles. The first-order valence-electron chi connectivity index (χ1n) is 10.6. The maximum Gasteiger partial charge on any atom is 0.294 e. The van der Waals surface area contributed by atoms with Crippen molar-refractivity contribution in [3.63, 3.8) is 0 Å². The van der Waals surface area contributed by atoms with E-state index >= 15 is 0 Å². The second-order valence-corrected chi connectivity index (χ2v) is 9.22. The maximum atomic E-state index is 13.3. The van der Waals surface area contributed by atoms with E-state index in [1.165, 1.54) is 12.1 Å². The summed E-state index contributed by atoms with van der Waals surface area (Å²) >= 11 is 0. The molecule has 0 fully saturated rings. The maximum absolute atomic E-state index is 13.3. The first kappa shape index (κ1) is 21.8. The summed E-state index contributed by atoms with van der Waals surface area (Å²) in [7, 11) is -3.78. The fraction of sp³-hybridized carbons (Fsp3) is 0.250. The van der Waals surface area contributed by atoms with Gasteiger partial charge in [-0.15, -0.1) is 0 Å². The molecule has 1 amide bonds. The number of carbonyl (C=O) groups excluding carboxylic acids is 1. The fourth-order valence-corrected chi connectivity index (χ4v) is 4.78. The van der Waals surface area contributed by atoms with Gasteiger partial charge in [0.1, 0.15) is 5.76 Å². The van der Waals surface area contributed by atoms with Gasteiger partial charge in [-0.3, -0.25) is 4.79 Å². The Labute approximate surface area is 187 Å². The molecular weight excluding hydrogens is 426 g/mol. The third-order valence-electron chi connectivity index (χ3n) is 5.50. The molecule has 0 saturated carbocycles. The number of carbonyl (C=O) groups is 1. The zero-order valence-electron chi connectivity index (χ0n) is 18.0. The highest BCUT2D eigenvalue weighted by Gasteiger charge is 2.30. The summed E-state index contributed by atoms with van der Waals surface area (Å²) in [5, 5.41) is 4.22. The highest BCUT2D eigenvalue weighted by atomic mass is 32.2. The van der Waals surface area contributed by atoms with E-state index in [0.717, 1.165) is 17.7 Å². The van der Waals surface area contributed by atoms with E-state index in [1.807, 2.05) is 44.2 Å². The zero-order chi connectivity index (χ0) is 22.7. The number of hydrogen-bond donors (Lipinski definition) is 1. The highest BCUT2D eigenvalue weighted by Crippen LogP contribution is 2.31. The van der Waals surface area contributed by atoms with Crippen LogP contribution in [0.3, 0.4) is 0 Å². The van der Waals surface area contributed by atoms with Crippen molar-refractivity contribution >= 4 is 27.3 Å². The molecule has 1 heterocycles. The Morgan fingerprint density at radius 3 is 2.38 bits per heavy atom. The molecule has 1 aliphatic rings. The molecule has 0 bridgehead atoms. The fourth-order valence-electron chi connectivity index (χ4n) is 3.93. The van der Waals surface area contributed by atoms with E-state index in [9.17, 15) is 13.2 Å². The van der Waals surface area contributed by atoms with E-state index < -0.39 is 10.0 Å². The number of amides is 1. The largest absolute Gasteiger partial charge is 0.455 e. The van der Waals surface area contributed by atoms with Gasteiger partial charge in [0.15, 0.2) is 5.76 Å². The van der Waals surface area contributed by atoms with E-state index in [4.69, 9.17) is 4.42 Å². The van der Waals surface area contributed by atoms with Crippen molar-refractivity contribution in [1.29, 1.82) is 0 Å². The molecule has 32 heavy (non-hydrogen) atoms. The standard InChI is InChI=1S/C24H25N3O4S/c1-3-27(18-11-6-4-7-12-18)24(28)23-17(2)22-20(15-10-16-21(22)31-23)25-26-32(29,30)19-13-8-5-9-14-19/h4-9,11-14,26H,3,10,15-16H2,1-2H3/b25-20+. The molecule has 8 heteroatoms. The van der Waals surface area contributed by atoms with Crippen molar-refractivity contribution in [2.75, 3.05) is 11.4 Å². The smallest absolute Gasteiger partial charge is 0.294 e. The van der Waals surface area contributed by atoms with Crippen LogP contribution in [0, 0.1) is 6.92 Å². The van der Waals surface area contributed by atoms with E-state index in [2.05, 4.69) is 9.93 Å². The Hall–Kier alpha value is -3.39. The minimum Gasteiger partial charge on any atom is -0.455 e. The Kier molecular flexibility index (Phi) is 6.14. The van der Waals surface area contributed by atoms with Gasteiger partial charge in [0, 0.05) is 29.8 Å². The first-order chi connectivity index (χ1) is 15.4. The van der Waals surface area contributed by atoms with Crippen LogP contribution in [0.1, 0.15) is 47.2 Å². The Morgan fingerprint density at radius 1 is 1.06 bits per heavy atom. The normalized spacial score (nSPS) is 14.8. The highest BCUT2D eigenvalue weighted by molar-refractivity contribution is 7.89. The predicted octanol–water partition coefficient (Wildman–Crippen LogP) is 4.27. The monoisotopic (exact) mass is 451 g/mol. The first-order valence-corrected chi connectivity index (χ1v) is 12.0. The van der Waals surface area contributed by atoms with Crippen LogP contribution in [0.25, 0.3) is 0 Å². The van der Waals surface area contributed by atoms with Crippen LogP contribution in [-0.4, -0.2) is 26.6 Å². The summed E-state index contributed by atoms with van der Waals surface area (Å²) in [6.07, 6.45) is 2.02. The SMILES string of the molecule is CCN(C(=O)c1oc2c(c1C)/C(=N/NS(=O)(=O)c1ccccc1)CCC2)c1ccccc1. The zero-order valence-corrected chi connectivity index (χ0v) is 18.9. The molecule has 166 valence electrons. The summed E-state index contributed by atoms with van der Waals surface area (Å²) in [4.78, 5) is 17.4. The van der Waals surface area contributed by atoms with Gasteiger partial charge in [-0.2, -0.15) is 18.4 Å². The van der Waals surface area contributed by atoms with Crippen molar-refractivity contribution in [3.8, 4) is 0 Å². The van der Waals surface area contributed by atoms with Crippen molar-refractivity contribution in [3.05, 3.63) is 83.3 Å². The van der Waals surface area contributed by atoms with E-state index in [1.54, 1.807) is 23.1 Å².